The van der Waals surface area contributed by atoms with E-state index in [-0.39, 0.29) is 5.92 Å². The topological polar surface area (TPSA) is 86.0 Å². The van der Waals surface area contributed by atoms with Crippen molar-refractivity contribution in [2.45, 2.75) is 25.3 Å². The molecule has 4 aromatic rings. The van der Waals surface area contributed by atoms with E-state index in [9.17, 15) is 0 Å². The number of nitrogens with zero attached hydrogens (tertiary/aromatic N) is 6. The molecule has 0 bridgehead atoms. The van der Waals surface area contributed by atoms with Gasteiger partial charge in [-0.05, 0) is 50.2 Å². The van der Waals surface area contributed by atoms with Crippen LogP contribution in [0.3, 0.4) is 0 Å². The first-order chi connectivity index (χ1) is 14.3. The molecule has 3 aromatic heterocycles. The van der Waals surface area contributed by atoms with Gasteiger partial charge in [-0.3, -0.25) is 4.90 Å². The molecule has 148 valence electrons. The van der Waals surface area contributed by atoms with Crippen molar-refractivity contribution in [1.29, 1.82) is 0 Å². The van der Waals surface area contributed by atoms with Gasteiger partial charge in [-0.25, -0.2) is 0 Å². The highest BCUT2D eigenvalue weighted by Crippen LogP contribution is 2.29. The number of rotatable bonds is 5. The normalized spacial score (nSPS) is 15.8. The maximum Gasteiger partial charge on any atom is 0.257 e. The summed E-state index contributed by atoms with van der Waals surface area (Å²) < 4.78 is 13.0. The van der Waals surface area contributed by atoms with E-state index in [4.69, 9.17) is 9.05 Å². The predicted molar refractivity (Wildman–Crippen MR) is 106 cm³/mol. The van der Waals surface area contributed by atoms with Gasteiger partial charge < -0.3 is 13.6 Å². The second kappa shape index (κ2) is 7.63. The zero-order valence-corrected chi connectivity index (χ0v) is 16.2. The molecule has 4 heterocycles. The Bertz CT molecular complexity index is 1080. The fraction of sp³-hybridized carbons (Fsp3) is 0.333. The molecule has 0 saturated carbocycles. The minimum Gasteiger partial charge on any atom is -0.348 e. The number of hydrogen-bond donors (Lipinski definition) is 0. The summed E-state index contributed by atoms with van der Waals surface area (Å²) in [4.78, 5) is 11.5. The van der Waals surface area contributed by atoms with Crippen LogP contribution in [0.2, 0.25) is 0 Å². The summed E-state index contributed by atoms with van der Waals surface area (Å²) in [6.45, 7) is 2.55. The van der Waals surface area contributed by atoms with E-state index in [2.05, 4.69) is 25.2 Å². The SMILES string of the molecule is Cn1cccc1-c1noc(C2CCN(Cc3noc(-c4ccccc4)n3)CC2)n1. The van der Waals surface area contributed by atoms with Crippen LogP contribution in [0.15, 0.2) is 57.7 Å². The van der Waals surface area contributed by atoms with Gasteiger partial charge in [0, 0.05) is 24.7 Å². The van der Waals surface area contributed by atoms with Crippen LogP contribution in [0.5, 0.6) is 0 Å². The lowest BCUT2D eigenvalue weighted by molar-refractivity contribution is 0.182. The van der Waals surface area contributed by atoms with Crippen LogP contribution in [0.25, 0.3) is 23.0 Å². The first kappa shape index (κ1) is 17.8. The number of benzene rings is 1. The second-order valence-electron chi connectivity index (χ2n) is 7.39. The molecule has 0 aliphatic carbocycles. The summed E-state index contributed by atoms with van der Waals surface area (Å²) >= 11 is 0. The average molecular weight is 390 g/mol. The van der Waals surface area contributed by atoms with E-state index in [1.807, 2.05) is 60.3 Å². The molecule has 1 aliphatic heterocycles. The van der Waals surface area contributed by atoms with Crippen molar-refractivity contribution in [3.05, 3.63) is 60.4 Å². The van der Waals surface area contributed by atoms with Gasteiger partial charge in [0.2, 0.25) is 11.7 Å². The number of hydrogen-bond acceptors (Lipinski definition) is 7. The van der Waals surface area contributed by atoms with Crippen LogP contribution >= 0.6 is 0 Å². The van der Waals surface area contributed by atoms with E-state index >= 15 is 0 Å². The average Bonchev–Trinajstić information content (AvgIpc) is 3.50. The fourth-order valence-corrected chi connectivity index (χ4v) is 3.75. The van der Waals surface area contributed by atoms with Crippen LogP contribution in [0.4, 0.5) is 0 Å². The molecular formula is C21H22N6O2. The van der Waals surface area contributed by atoms with Gasteiger partial charge in [0.05, 0.1) is 12.2 Å². The Balaban J connectivity index is 1.19. The van der Waals surface area contributed by atoms with Crippen molar-refractivity contribution >= 4 is 0 Å². The van der Waals surface area contributed by atoms with Crippen molar-refractivity contribution < 1.29 is 9.05 Å². The monoisotopic (exact) mass is 390 g/mol. The molecule has 0 atom stereocenters. The van der Waals surface area contributed by atoms with Crippen LogP contribution in [0, 0.1) is 0 Å². The standard InChI is InChI=1S/C21H22N6O2/c1-26-11-5-8-17(26)19-23-21(29-25-19)16-9-12-27(13-10-16)14-18-22-20(28-24-18)15-6-3-2-4-7-15/h2-8,11,16H,9-10,12-14H2,1H3. The molecule has 0 unspecified atom stereocenters. The highest BCUT2D eigenvalue weighted by molar-refractivity contribution is 5.52. The molecule has 5 rings (SSSR count). The lowest BCUT2D eigenvalue weighted by atomic mass is 9.97. The molecule has 1 saturated heterocycles. The van der Waals surface area contributed by atoms with E-state index < -0.39 is 0 Å². The Morgan fingerprint density at radius 2 is 1.79 bits per heavy atom. The molecule has 1 aliphatic rings. The Morgan fingerprint density at radius 1 is 0.966 bits per heavy atom. The lowest BCUT2D eigenvalue weighted by Crippen LogP contribution is -2.32. The quantitative estimate of drug-likeness (QED) is 0.515. The maximum absolute atomic E-state index is 5.56. The van der Waals surface area contributed by atoms with Crippen LogP contribution < -0.4 is 0 Å². The van der Waals surface area contributed by atoms with Crippen LogP contribution in [-0.2, 0) is 13.6 Å². The highest BCUT2D eigenvalue weighted by Gasteiger charge is 2.26. The lowest BCUT2D eigenvalue weighted by Gasteiger charge is -2.29. The zero-order chi connectivity index (χ0) is 19.6. The molecule has 0 amide bonds. The molecule has 0 N–H and O–H groups in total. The van der Waals surface area contributed by atoms with Gasteiger partial charge in [0.25, 0.3) is 5.89 Å². The minimum atomic E-state index is 0.290. The maximum atomic E-state index is 5.56. The third-order valence-electron chi connectivity index (χ3n) is 5.41. The summed E-state index contributed by atoms with van der Waals surface area (Å²) in [6, 6.07) is 13.8. The van der Waals surface area contributed by atoms with Crippen molar-refractivity contribution in [2.75, 3.05) is 13.1 Å². The Labute approximate surface area is 168 Å². The number of aryl methyl sites for hydroxylation is 1. The first-order valence-corrected chi connectivity index (χ1v) is 9.82. The number of likely N-dealkylation sites (tertiary alicyclic amines) is 1. The van der Waals surface area contributed by atoms with Crippen molar-refractivity contribution in [3.63, 3.8) is 0 Å². The smallest absolute Gasteiger partial charge is 0.257 e. The van der Waals surface area contributed by atoms with Gasteiger partial charge in [-0.15, -0.1) is 0 Å². The molecule has 8 nitrogen and oxygen atoms in total. The highest BCUT2D eigenvalue weighted by atomic mass is 16.5. The van der Waals surface area contributed by atoms with Crippen molar-refractivity contribution in [1.82, 2.24) is 29.7 Å². The van der Waals surface area contributed by atoms with Crippen LogP contribution in [0.1, 0.15) is 30.5 Å². The zero-order valence-electron chi connectivity index (χ0n) is 16.2. The third-order valence-corrected chi connectivity index (χ3v) is 5.41. The van der Waals surface area contributed by atoms with E-state index in [0.717, 1.165) is 43.1 Å². The van der Waals surface area contributed by atoms with Crippen molar-refractivity contribution in [2.24, 2.45) is 7.05 Å². The first-order valence-electron chi connectivity index (χ1n) is 9.82. The summed E-state index contributed by atoms with van der Waals surface area (Å²) in [5.74, 6) is 2.94. The Hall–Kier alpha value is -3.26. The van der Waals surface area contributed by atoms with Gasteiger partial charge in [-0.2, -0.15) is 9.97 Å². The molecule has 1 fully saturated rings. The fourth-order valence-electron chi connectivity index (χ4n) is 3.75. The van der Waals surface area contributed by atoms with Gasteiger partial charge in [0.1, 0.15) is 0 Å². The second-order valence-corrected chi connectivity index (χ2v) is 7.39. The largest absolute Gasteiger partial charge is 0.348 e. The predicted octanol–water partition coefficient (Wildman–Crippen LogP) is 3.50. The molecular weight excluding hydrogens is 368 g/mol. The van der Waals surface area contributed by atoms with Gasteiger partial charge >= 0.3 is 0 Å². The van der Waals surface area contributed by atoms with E-state index in [0.29, 0.717) is 24.1 Å². The summed E-state index contributed by atoms with van der Waals surface area (Å²) in [5, 5.41) is 8.29. The molecule has 29 heavy (non-hydrogen) atoms. The number of aromatic nitrogens is 5. The number of piperidine rings is 1. The van der Waals surface area contributed by atoms with Crippen LogP contribution in [-0.4, -0.2) is 42.8 Å². The molecule has 0 spiro atoms. The molecule has 0 radical (unpaired) electrons. The summed E-state index contributed by atoms with van der Waals surface area (Å²) in [7, 11) is 1.98. The summed E-state index contributed by atoms with van der Waals surface area (Å²) in [5.41, 5.74) is 1.90. The molecule has 1 aromatic carbocycles. The Morgan fingerprint density at radius 3 is 2.55 bits per heavy atom. The van der Waals surface area contributed by atoms with Gasteiger partial charge in [0.15, 0.2) is 5.82 Å². The van der Waals surface area contributed by atoms with E-state index in [1.165, 1.54) is 0 Å². The van der Waals surface area contributed by atoms with E-state index in [1.54, 1.807) is 0 Å². The third kappa shape index (κ3) is 3.71. The van der Waals surface area contributed by atoms with Gasteiger partial charge in [-0.1, -0.05) is 28.5 Å². The molecule has 8 heteroatoms. The minimum absolute atomic E-state index is 0.290. The summed E-state index contributed by atoms with van der Waals surface area (Å²) in [6.07, 6.45) is 3.92. The van der Waals surface area contributed by atoms with Crippen molar-refractivity contribution in [3.8, 4) is 23.0 Å². The Kier molecular flexibility index (Phi) is 4.69.